The second kappa shape index (κ2) is 9.30. The number of benzene rings is 2. The first-order chi connectivity index (χ1) is 15.0. The Balaban J connectivity index is 1.78. The van der Waals surface area contributed by atoms with Crippen molar-refractivity contribution < 1.29 is 28.6 Å². The average molecular weight is 440 g/mol. The van der Waals surface area contributed by atoms with Crippen LogP contribution in [0.4, 0.5) is 16.2 Å². The van der Waals surface area contributed by atoms with E-state index >= 15 is 0 Å². The number of hydrogen-bond acceptors (Lipinski definition) is 6. The molecule has 1 heterocycles. The summed E-state index contributed by atoms with van der Waals surface area (Å²) in [5.41, 5.74) is 1.67. The van der Waals surface area contributed by atoms with Crippen LogP contribution in [0, 0.1) is 0 Å². The molecule has 0 aromatic heterocycles. The number of fused-ring (bicyclic) bond motifs is 1. The quantitative estimate of drug-likeness (QED) is 0.687. The number of rotatable bonds is 5. The van der Waals surface area contributed by atoms with E-state index in [1.165, 1.54) is 0 Å². The number of carbonyl (C=O) groups excluding carboxylic acids is 3. The van der Waals surface area contributed by atoms with Gasteiger partial charge in [-0.15, -0.1) is 0 Å². The number of esters is 1. The van der Waals surface area contributed by atoms with Crippen molar-refractivity contribution in [3.8, 4) is 5.75 Å². The molecule has 0 unspecified atom stereocenters. The normalized spacial score (nSPS) is 13.3. The molecule has 8 nitrogen and oxygen atoms in total. The van der Waals surface area contributed by atoms with Crippen LogP contribution >= 0.6 is 0 Å². The Morgan fingerprint density at radius 1 is 1.12 bits per heavy atom. The molecule has 1 N–H and O–H groups in total. The number of ether oxygens (including phenoxy) is 3. The Bertz CT molecular complexity index is 1010. The van der Waals surface area contributed by atoms with Gasteiger partial charge in [-0.3, -0.25) is 10.1 Å². The van der Waals surface area contributed by atoms with Crippen molar-refractivity contribution >= 4 is 29.3 Å². The summed E-state index contributed by atoms with van der Waals surface area (Å²) in [5.74, 6) is -0.0658. The molecule has 0 atom stereocenters. The smallest absolute Gasteiger partial charge is 0.412 e. The van der Waals surface area contributed by atoms with Crippen molar-refractivity contribution in [2.75, 3.05) is 16.8 Å². The predicted molar refractivity (Wildman–Crippen MR) is 120 cm³/mol. The van der Waals surface area contributed by atoms with Crippen molar-refractivity contribution in [1.29, 1.82) is 0 Å². The Hall–Kier alpha value is -3.55. The van der Waals surface area contributed by atoms with Gasteiger partial charge in [-0.2, -0.15) is 0 Å². The summed E-state index contributed by atoms with van der Waals surface area (Å²) in [6.07, 6.45) is -0.788. The maximum atomic E-state index is 12.6. The molecule has 32 heavy (non-hydrogen) atoms. The highest BCUT2D eigenvalue weighted by molar-refractivity contribution is 5.99. The Morgan fingerprint density at radius 3 is 2.44 bits per heavy atom. The van der Waals surface area contributed by atoms with Crippen LogP contribution in [0.3, 0.4) is 0 Å². The van der Waals surface area contributed by atoms with Gasteiger partial charge in [-0.25, -0.2) is 9.59 Å². The molecule has 0 saturated carbocycles. The molecule has 1 aliphatic rings. The summed E-state index contributed by atoms with van der Waals surface area (Å²) in [4.78, 5) is 38.3. The second-order valence-corrected chi connectivity index (χ2v) is 8.73. The van der Waals surface area contributed by atoms with Gasteiger partial charge < -0.3 is 19.1 Å². The fraction of sp³-hybridized carbons (Fsp3) is 0.375. The van der Waals surface area contributed by atoms with Gasteiger partial charge in [-0.05, 0) is 70.5 Å². The molecule has 0 fully saturated rings. The third-order valence-electron chi connectivity index (χ3n) is 4.42. The molecule has 170 valence electrons. The Kier molecular flexibility index (Phi) is 6.72. The third kappa shape index (κ3) is 6.00. The molecule has 2 aromatic rings. The van der Waals surface area contributed by atoms with E-state index in [0.717, 1.165) is 5.56 Å². The summed E-state index contributed by atoms with van der Waals surface area (Å²) >= 11 is 0. The van der Waals surface area contributed by atoms with Crippen molar-refractivity contribution in [3.63, 3.8) is 0 Å². The van der Waals surface area contributed by atoms with E-state index in [-0.39, 0.29) is 25.2 Å². The zero-order valence-corrected chi connectivity index (χ0v) is 18.9. The van der Waals surface area contributed by atoms with Crippen LogP contribution in [-0.2, 0) is 20.8 Å². The fourth-order valence-corrected chi connectivity index (χ4v) is 3.09. The van der Waals surface area contributed by atoms with E-state index in [1.807, 2.05) is 0 Å². The first-order valence-electron chi connectivity index (χ1n) is 10.4. The minimum Gasteiger partial charge on any atom is -0.482 e. The van der Waals surface area contributed by atoms with Gasteiger partial charge in [0.1, 0.15) is 11.4 Å². The summed E-state index contributed by atoms with van der Waals surface area (Å²) in [5, 5.41) is 2.68. The maximum absolute atomic E-state index is 12.6. The first-order valence-corrected chi connectivity index (χ1v) is 10.4. The maximum Gasteiger partial charge on any atom is 0.412 e. The molecule has 0 saturated heterocycles. The molecule has 0 aliphatic carbocycles. The van der Waals surface area contributed by atoms with E-state index in [1.54, 1.807) is 82.0 Å². The fourth-order valence-electron chi connectivity index (χ4n) is 3.09. The molecule has 2 aromatic carbocycles. The highest BCUT2D eigenvalue weighted by atomic mass is 16.6. The third-order valence-corrected chi connectivity index (χ3v) is 4.42. The Morgan fingerprint density at radius 2 is 1.81 bits per heavy atom. The van der Waals surface area contributed by atoms with Gasteiger partial charge in [0, 0.05) is 5.69 Å². The van der Waals surface area contributed by atoms with Gasteiger partial charge in [0.2, 0.25) is 0 Å². The van der Waals surface area contributed by atoms with Gasteiger partial charge >= 0.3 is 12.1 Å². The molecular weight excluding hydrogens is 412 g/mol. The molecule has 0 spiro atoms. The molecular formula is C24H28N2O6. The molecule has 0 radical (unpaired) electrons. The minimum atomic E-state index is -0.628. The van der Waals surface area contributed by atoms with Gasteiger partial charge in [0.05, 0.1) is 23.9 Å². The van der Waals surface area contributed by atoms with E-state index in [9.17, 15) is 14.4 Å². The van der Waals surface area contributed by atoms with Crippen LogP contribution in [0.25, 0.3) is 0 Å². The van der Waals surface area contributed by atoms with Gasteiger partial charge in [-0.1, -0.05) is 12.1 Å². The monoisotopic (exact) mass is 440 g/mol. The lowest BCUT2D eigenvalue weighted by Gasteiger charge is -2.30. The predicted octanol–water partition coefficient (Wildman–Crippen LogP) is 4.52. The standard InChI is InChI=1S/C24H28N2O6/c1-15(2)31-22(28)17-8-6-16(7-9-17)13-26-19-12-18(25-23(29)32-24(3,4)5)10-11-20(19)30-14-21(26)27/h6-12,15H,13-14H2,1-5H3,(H,25,29). The van der Waals surface area contributed by atoms with Gasteiger partial charge in [0.25, 0.3) is 5.91 Å². The number of nitrogens with one attached hydrogen (secondary N) is 1. The summed E-state index contributed by atoms with van der Waals surface area (Å²) in [6.45, 7) is 9.12. The van der Waals surface area contributed by atoms with E-state index < -0.39 is 17.7 Å². The lowest BCUT2D eigenvalue weighted by atomic mass is 10.1. The van der Waals surface area contributed by atoms with Crippen LogP contribution in [-0.4, -0.2) is 36.3 Å². The second-order valence-electron chi connectivity index (χ2n) is 8.73. The van der Waals surface area contributed by atoms with Crippen LogP contribution < -0.4 is 15.0 Å². The molecule has 8 heteroatoms. The van der Waals surface area contributed by atoms with E-state index in [4.69, 9.17) is 14.2 Å². The SMILES string of the molecule is CC(C)OC(=O)c1ccc(CN2C(=O)COc3ccc(NC(=O)OC(C)(C)C)cc32)cc1. The largest absolute Gasteiger partial charge is 0.482 e. The molecule has 3 rings (SSSR count). The number of hydrogen-bond donors (Lipinski definition) is 1. The summed E-state index contributed by atoms with van der Waals surface area (Å²) in [6, 6.07) is 12.0. The van der Waals surface area contributed by atoms with E-state index in [0.29, 0.717) is 22.7 Å². The number of nitrogens with zero attached hydrogens (tertiary/aromatic N) is 1. The Labute approximate surface area is 187 Å². The molecule has 0 bridgehead atoms. The zero-order chi connectivity index (χ0) is 23.5. The summed E-state index contributed by atoms with van der Waals surface area (Å²) < 4.78 is 16.0. The number of anilines is 2. The summed E-state index contributed by atoms with van der Waals surface area (Å²) in [7, 11) is 0. The van der Waals surface area contributed by atoms with E-state index in [2.05, 4.69) is 5.32 Å². The van der Waals surface area contributed by atoms with Gasteiger partial charge in [0.15, 0.2) is 6.61 Å². The van der Waals surface area contributed by atoms with Crippen molar-refractivity contribution in [1.82, 2.24) is 0 Å². The molecule has 1 aliphatic heterocycles. The number of carbonyl (C=O) groups is 3. The highest BCUT2D eigenvalue weighted by Crippen LogP contribution is 2.35. The topological polar surface area (TPSA) is 94.2 Å². The van der Waals surface area contributed by atoms with Crippen LogP contribution in [0.1, 0.15) is 50.5 Å². The van der Waals surface area contributed by atoms with Crippen LogP contribution in [0.5, 0.6) is 5.75 Å². The number of amides is 2. The van der Waals surface area contributed by atoms with Crippen LogP contribution in [0.15, 0.2) is 42.5 Å². The lowest BCUT2D eigenvalue weighted by Crippen LogP contribution is -2.38. The molecule has 2 amide bonds. The van der Waals surface area contributed by atoms with Crippen molar-refractivity contribution in [2.24, 2.45) is 0 Å². The zero-order valence-electron chi connectivity index (χ0n) is 18.9. The van der Waals surface area contributed by atoms with Crippen LogP contribution in [0.2, 0.25) is 0 Å². The average Bonchev–Trinajstić information content (AvgIpc) is 2.68. The first kappa shape index (κ1) is 23.1. The lowest BCUT2D eigenvalue weighted by molar-refractivity contribution is -0.121. The highest BCUT2D eigenvalue weighted by Gasteiger charge is 2.27. The van der Waals surface area contributed by atoms with Crippen molar-refractivity contribution in [2.45, 2.75) is 52.9 Å². The minimum absolute atomic E-state index is 0.0787. The van der Waals surface area contributed by atoms with Crippen molar-refractivity contribution in [3.05, 3.63) is 53.6 Å².